The number of hydrogen-bond acceptors (Lipinski definition) is 2. The van der Waals surface area contributed by atoms with Gasteiger partial charge in [0.25, 0.3) is 5.91 Å². The minimum Gasteiger partial charge on any atom is -0.478 e. The van der Waals surface area contributed by atoms with Crippen molar-refractivity contribution in [2.24, 2.45) is 0 Å². The maximum Gasteiger partial charge on any atom is 0.416 e. The summed E-state index contributed by atoms with van der Waals surface area (Å²) in [7, 11) is 0. The van der Waals surface area contributed by atoms with Gasteiger partial charge in [-0.3, -0.25) is 4.79 Å². The molecule has 0 aliphatic carbocycles. The Balaban J connectivity index is 1.89. The van der Waals surface area contributed by atoms with E-state index in [2.05, 4.69) is 5.32 Å². The number of aryl methyl sites for hydroxylation is 1. The van der Waals surface area contributed by atoms with Gasteiger partial charge in [-0.15, -0.1) is 0 Å². The highest BCUT2D eigenvalue weighted by Gasteiger charge is 2.36. The molecule has 0 aromatic heterocycles. The van der Waals surface area contributed by atoms with E-state index in [0.717, 1.165) is 0 Å². The largest absolute Gasteiger partial charge is 0.478 e. The molecule has 3 aromatic carbocycles. The molecule has 0 saturated heterocycles. The third-order valence-corrected chi connectivity index (χ3v) is 5.38. The van der Waals surface area contributed by atoms with Crippen LogP contribution in [0.3, 0.4) is 0 Å². The lowest BCUT2D eigenvalue weighted by atomic mass is 9.98. The van der Waals surface area contributed by atoms with Crippen molar-refractivity contribution in [3.05, 3.63) is 98.6 Å². The van der Waals surface area contributed by atoms with E-state index in [4.69, 9.17) is 11.6 Å². The molecule has 11 heteroatoms. The van der Waals surface area contributed by atoms with Gasteiger partial charge in [0.15, 0.2) is 0 Å². The van der Waals surface area contributed by atoms with Crippen LogP contribution in [-0.2, 0) is 18.8 Å². The molecular weight excluding hydrogens is 500 g/mol. The van der Waals surface area contributed by atoms with Crippen LogP contribution >= 0.6 is 11.6 Å². The molecule has 0 heterocycles. The number of alkyl halides is 6. The van der Waals surface area contributed by atoms with Gasteiger partial charge in [0.1, 0.15) is 0 Å². The van der Waals surface area contributed by atoms with Gasteiger partial charge in [-0.2, -0.15) is 26.3 Å². The zero-order valence-corrected chi connectivity index (χ0v) is 18.6. The first-order valence-corrected chi connectivity index (χ1v) is 10.3. The Morgan fingerprint density at radius 1 is 0.886 bits per heavy atom. The molecule has 0 unspecified atom stereocenters. The molecule has 0 spiro atoms. The van der Waals surface area contributed by atoms with Crippen LogP contribution in [0.5, 0.6) is 0 Å². The van der Waals surface area contributed by atoms with Crippen molar-refractivity contribution >= 4 is 29.2 Å². The molecule has 0 radical (unpaired) electrons. The fourth-order valence-corrected chi connectivity index (χ4v) is 3.71. The standard InChI is InChI=1S/C24H16ClF6NO3/c1-12-7-13(8-14-9-15(23(26,27)28)11-16(10-14)24(29,30)31)5-6-19(12)32-21(33)20-17(22(34)35)3-2-4-18(20)25/h2-7,9-11H,8H2,1H3,(H,32,33)(H,34,35). The second-order valence-electron chi connectivity index (χ2n) is 7.66. The maximum absolute atomic E-state index is 13.1. The van der Waals surface area contributed by atoms with Crippen LogP contribution in [-0.4, -0.2) is 17.0 Å². The number of carboxylic acids is 1. The Labute approximate surface area is 200 Å². The summed E-state index contributed by atoms with van der Waals surface area (Å²) in [6, 6.07) is 9.66. The molecule has 0 aliphatic heterocycles. The summed E-state index contributed by atoms with van der Waals surface area (Å²) in [4.78, 5) is 24.1. The number of hydrogen-bond donors (Lipinski definition) is 2. The van der Waals surface area contributed by atoms with Gasteiger partial charge in [-0.1, -0.05) is 29.8 Å². The predicted octanol–water partition coefficient (Wildman–Crippen LogP) is 7.23. The Hall–Kier alpha value is -3.53. The average Bonchev–Trinajstić information content (AvgIpc) is 2.73. The number of nitrogens with one attached hydrogen (secondary N) is 1. The van der Waals surface area contributed by atoms with E-state index in [0.29, 0.717) is 23.3 Å². The molecule has 2 N–H and O–H groups in total. The number of amides is 1. The van der Waals surface area contributed by atoms with Crippen LogP contribution in [0.1, 0.15) is 48.5 Å². The topological polar surface area (TPSA) is 66.4 Å². The highest BCUT2D eigenvalue weighted by atomic mass is 35.5. The van der Waals surface area contributed by atoms with E-state index in [1.807, 2.05) is 0 Å². The Morgan fingerprint density at radius 3 is 2.00 bits per heavy atom. The van der Waals surface area contributed by atoms with Crippen molar-refractivity contribution in [3.8, 4) is 0 Å². The van der Waals surface area contributed by atoms with Crippen LogP contribution in [0.4, 0.5) is 32.0 Å². The summed E-state index contributed by atoms with van der Waals surface area (Å²) >= 11 is 6.00. The number of halogens is 7. The molecule has 35 heavy (non-hydrogen) atoms. The van der Waals surface area contributed by atoms with Gasteiger partial charge in [-0.25, -0.2) is 4.79 Å². The number of benzene rings is 3. The molecule has 3 aromatic rings. The smallest absolute Gasteiger partial charge is 0.416 e. The summed E-state index contributed by atoms with van der Waals surface area (Å²) < 4.78 is 78.6. The molecular formula is C24H16ClF6NO3. The summed E-state index contributed by atoms with van der Waals surface area (Å²) in [5.74, 6) is -2.15. The lowest BCUT2D eigenvalue weighted by Gasteiger charge is -2.15. The normalized spacial score (nSPS) is 11.9. The van der Waals surface area contributed by atoms with Gasteiger partial charge in [0, 0.05) is 5.69 Å². The highest BCUT2D eigenvalue weighted by molar-refractivity contribution is 6.35. The third-order valence-electron chi connectivity index (χ3n) is 5.07. The van der Waals surface area contributed by atoms with Gasteiger partial charge >= 0.3 is 18.3 Å². The number of carboxylic acid groups (broad SMARTS) is 1. The quantitative estimate of drug-likeness (QED) is 0.352. The van der Waals surface area contributed by atoms with Crippen molar-refractivity contribution in [3.63, 3.8) is 0 Å². The Bertz CT molecular complexity index is 1270. The van der Waals surface area contributed by atoms with Crippen LogP contribution < -0.4 is 5.32 Å². The van der Waals surface area contributed by atoms with Crippen LogP contribution in [0, 0.1) is 6.92 Å². The van der Waals surface area contributed by atoms with Crippen molar-refractivity contribution < 1.29 is 41.0 Å². The average molecular weight is 516 g/mol. The second kappa shape index (κ2) is 9.61. The molecule has 3 rings (SSSR count). The molecule has 0 aliphatic rings. The van der Waals surface area contributed by atoms with Crippen molar-refractivity contribution in [1.29, 1.82) is 0 Å². The number of aromatic carboxylic acids is 1. The number of anilines is 1. The minimum absolute atomic E-state index is 0.0630. The van der Waals surface area contributed by atoms with Gasteiger partial charge < -0.3 is 10.4 Å². The first kappa shape index (κ1) is 26.1. The van der Waals surface area contributed by atoms with Crippen LogP contribution in [0.25, 0.3) is 0 Å². The van der Waals surface area contributed by atoms with E-state index in [9.17, 15) is 41.0 Å². The van der Waals surface area contributed by atoms with E-state index in [1.54, 1.807) is 6.92 Å². The number of carbonyl (C=O) groups excluding carboxylic acids is 1. The fourth-order valence-electron chi connectivity index (χ4n) is 3.45. The zero-order valence-electron chi connectivity index (χ0n) is 17.8. The summed E-state index contributed by atoms with van der Waals surface area (Å²) in [5, 5.41) is 11.7. The van der Waals surface area contributed by atoms with Crippen molar-refractivity contribution in [2.45, 2.75) is 25.7 Å². The summed E-state index contributed by atoms with van der Waals surface area (Å²) in [5.41, 5.74) is -2.46. The highest BCUT2D eigenvalue weighted by Crippen LogP contribution is 2.37. The molecule has 0 saturated carbocycles. The van der Waals surface area contributed by atoms with Gasteiger partial charge in [0.05, 0.1) is 27.3 Å². The molecule has 0 bridgehead atoms. The lowest BCUT2D eigenvalue weighted by molar-refractivity contribution is -0.143. The third kappa shape index (κ3) is 6.13. The lowest BCUT2D eigenvalue weighted by Crippen LogP contribution is -2.17. The summed E-state index contributed by atoms with van der Waals surface area (Å²) in [6.07, 6.45) is -10.1. The Morgan fingerprint density at radius 2 is 1.49 bits per heavy atom. The second-order valence-corrected chi connectivity index (χ2v) is 8.07. The van der Waals surface area contributed by atoms with E-state index < -0.39 is 35.4 Å². The fraction of sp³-hybridized carbons (Fsp3) is 0.167. The van der Waals surface area contributed by atoms with Crippen molar-refractivity contribution in [1.82, 2.24) is 0 Å². The molecule has 4 nitrogen and oxygen atoms in total. The van der Waals surface area contributed by atoms with E-state index in [-0.39, 0.29) is 39.9 Å². The zero-order chi connectivity index (χ0) is 26.1. The van der Waals surface area contributed by atoms with Crippen molar-refractivity contribution in [2.75, 3.05) is 5.32 Å². The number of rotatable bonds is 5. The van der Waals surface area contributed by atoms with E-state index in [1.165, 1.54) is 36.4 Å². The van der Waals surface area contributed by atoms with E-state index >= 15 is 0 Å². The SMILES string of the molecule is Cc1cc(Cc2cc(C(F)(F)F)cc(C(F)(F)F)c2)ccc1NC(=O)c1c(Cl)cccc1C(=O)O. The molecule has 184 valence electrons. The predicted molar refractivity (Wildman–Crippen MR) is 117 cm³/mol. The first-order valence-electron chi connectivity index (χ1n) is 9.88. The molecule has 0 atom stereocenters. The van der Waals surface area contributed by atoms with Crippen LogP contribution in [0.15, 0.2) is 54.6 Å². The maximum atomic E-state index is 13.1. The molecule has 0 fully saturated rings. The number of carbonyl (C=O) groups is 2. The Kier molecular flexibility index (Phi) is 7.16. The van der Waals surface area contributed by atoms with Crippen LogP contribution in [0.2, 0.25) is 5.02 Å². The first-order chi connectivity index (χ1) is 16.2. The minimum atomic E-state index is -4.95. The summed E-state index contributed by atoms with van der Waals surface area (Å²) in [6.45, 7) is 1.57. The monoisotopic (exact) mass is 515 g/mol. The van der Waals surface area contributed by atoms with Gasteiger partial charge in [-0.05, 0) is 66.4 Å². The molecule has 1 amide bonds. The van der Waals surface area contributed by atoms with Gasteiger partial charge in [0.2, 0.25) is 0 Å².